The normalized spacial score (nSPS) is 13.8. The topological polar surface area (TPSA) is 56.8 Å². The summed E-state index contributed by atoms with van der Waals surface area (Å²) >= 11 is 11.6. The molecule has 3 aromatic rings. The van der Waals surface area contributed by atoms with E-state index in [9.17, 15) is 4.79 Å². The van der Waals surface area contributed by atoms with E-state index in [2.05, 4.69) is 38.6 Å². The molecule has 8 heteroatoms. The summed E-state index contributed by atoms with van der Waals surface area (Å²) in [6.45, 7) is 7.17. The maximum absolute atomic E-state index is 12.5. The number of benzene rings is 3. The first-order chi connectivity index (χ1) is 17.0. The molecule has 1 amide bonds. The maximum Gasteiger partial charge on any atom is 0.257 e. The number of carbonyl (C=O) groups is 1. The second-order valence-corrected chi connectivity index (χ2v) is 9.09. The lowest BCUT2D eigenvalue weighted by atomic mass is 10.2. The molecule has 35 heavy (non-hydrogen) atoms. The van der Waals surface area contributed by atoms with Gasteiger partial charge in [0.1, 0.15) is 5.75 Å². The molecule has 0 spiro atoms. The highest BCUT2D eigenvalue weighted by atomic mass is 35.5. The van der Waals surface area contributed by atoms with Gasteiger partial charge in [-0.05, 0) is 73.2 Å². The van der Waals surface area contributed by atoms with Crippen molar-refractivity contribution in [2.24, 2.45) is 0 Å². The van der Waals surface area contributed by atoms with Crippen molar-refractivity contribution in [2.75, 3.05) is 43.0 Å². The standard InChI is InChI=1S/C27H29ClN4O2S/c1-2-34-24-8-5-7-20(18-24)26(33)30-27(35)29-22-10-12-23(13-11-22)32-16-14-31(15-17-32)19-21-6-3-4-9-25(21)28/h3-13,18H,2,14-17,19H2,1H3,(H2,29,30,33,35). The van der Waals surface area contributed by atoms with Gasteiger partial charge in [-0.1, -0.05) is 35.9 Å². The summed E-state index contributed by atoms with van der Waals surface area (Å²) in [6.07, 6.45) is 0. The number of ether oxygens (including phenoxy) is 1. The van der Waals surface area contributed by atoms with Crippen LogP contribution in [0.3, 0.4) is 0 Å². The lowest BCUT2D eigenvalue weighted by Gasteiger charge is -2.36. The summed E-state index contributed by atoms with van der Waals surface area (Å²) < 4.78 is 5.46. The Morgan fingerprint density at radius 3 is 2.46 bits per heavy atom. The minimum Gasteiger partial charge on any atom is -0.494 e. The van der Waals surface area contributed by atoms with Crippen molar-refractivity contribution >= 4 is 46.2 Å². The summed E-state index contributed by atoms with van der Waals surface area (Å²) in [6, 6.07) is 23.1. The Morgan fingerprint density at radius 1 is 1.00 bits per heavy atom. The third-order valence-electron chi connectivity index (χ3n) is 5.85. The van der Waals surface area contributed by atoms with Gasteiger partial charge in [0.25, 0.3) is 5.91 Å². The Balaban J connectivity index is 1.26. The molecular formula is C27H29ClN4O2S. The molecule has 0 aliphatic carbocycles. The van der Waals surface area contributed by atoms with E-state index in [1.807, 2.05) is 43.3 Å². The molecule has 0 bridgehead atoms. The minimum absolute atomic E-state index is 0.248. The lowest BCUT2D eigenvalue weighted by Crippen LogP contribution is -2.46. The molecule has 4 rings (SSSR count). The fraction of sp³-hybridized carbons (Fsp3) is 0.259. The van der Waals surface area contributed by atoms with E-state index in [1.54, 1.807) is 18.2 Å². The second kappa shape index (κ2) is 12.0. The van der Waals surface area contributed by atoms with E-state index < -0.39 is 0 Å². The minimum atomic E-state index is -0.282. The van der Waals surface area contributed by atoms with Crippen LogP contribution in [0.4, 0.5) is 11.4 Å². The summed E-state index contributed by atoms with van der Waals surface area (Å²) in [7, 11) is 0. The van der Waals surface area contributed by atoms with E-state index in [0.717, 1.165) is 49.1 Å². The molecule has 182 valence electrons. The van der Waals surface area contributed by atoms with Crippen LogP contribution in [0.25, 0.3) is 0 Å². The van der Waals surface area contributed by atoms with E-state index in [-0.39, 0.29) is 11.0 Å². The van der Waals surface area contributed by atoms with Gasteiger partial charge in [-0.2, -0.15) is 0 Å². The zero-order valence-electron chi connectivity index (χ0n) is 19.7. The molecule has 0 saturated carbocycles. The predicted molar refractivity (Wildman–Crippen MR) is 147 cm³/mol. The molecule has 1 saturated heterocycles. The summed E-state index contributed by atoms with van der Waals surface area (Å²) in [5.74, 6) is 0.370. The quantitative estimate of drug-likeness (QED) is 0.428. The van der Waals surface area contributed by atoms with Gasteiger partial charge in [0.15, 0.2) is 5.11 Å². The van der Waals surface area contributed by atoms with Crippen LogP contribution in [-0.4, -0.2) is 48.7 Å². The van der Waals surface area contributed by atoms with Crippen LogP contribution in [0, 0.1) is 0 Å². The average molecular weight is 509 g/mol. The fourth-order valence-electron chi connectivity index (χ4n) is 4.02. The number of nitrogens with zero attached hydrogens (tertiary/aromatic N) is 2. The molecule has 0 aromatic heterocycles. The van der Waals surface area contributed by atoms with Crippen LogP contribution in [0.5, 0.6) is 5.75 Å². The summed E-state index contributed by atoms with van der Waals surface area (Å²) in [5, 5.41) is 6.88. The SMILES string of the molecule is CCOc1cccc(C(=O)NC(=S)Nc2ccc(N3CCN(Cc4ccccc4Cl)CC3)cc2)c1. The summed E-state index contributed by atoms with van der Waals surface area (Å²) in [5.41, 5.74) is 3.64. The first-order valence-electron chi connectivity index (χ1n) is 11.7. The summed E-state index contributed by atoms with van der Waals surface area (Å²) in [4.78, 5) is 17.3. The number of carbonyl (C=O) groups excluding carboxylic acids is 1. The number of hydrogen-bond donors (Lipinski definition) is 2. The van der Waals surface area contributed by atoms with Crippen LogP contribution in [0.1, 0.15) is 22.8 Å². The van der Waals surface area contributed by atoms with Crippen LogP contribution in [-0.2, 0) is 6.54 Å². The van der Waals surface area contributed by atoms with E-state index in [1.165, 1.54) is 5.56 Å². The largest absolute Gasteiger partial charge is 0.494 e. The molecule has 1 heterocycles. The molecule has 3 aromatic carbocycles. The number of amides is 1. The third-order valence-corrected chi connectivity index (χ3v) is 6.42. The van der Waals surface area contributed by atoms with Gasteiger partial charge in [0.2, 0.25) is 0 Å². The highest BCUT2D eigenvalue weighted by molar-refractivity contribution is 7.80. The van der Waals surface area contributed by atoms with Crippen LogP contribution >= 0.6 is 23.8 Å². The van der Waals surface area contributed by atoms with Crippen molar-refractivity contribution < 1.29 is 9.53 Å². The first-order valence-corrected chi connectivity index (χ1v) is 12.5. The fourth-order valence-corrected chi connectivity index (χ4v) is 4.42. The number of halogens is 1. The van der Waals surface area contributed by atoms with Crippen molar-refractivity contribution in [3.63, 3.8) is 0 Å². The van der Waals surface area contributed by atoms with Crippen molar-refractivity contribution in [1.29, 1.82) is 0 Å². The van der Waals surface area contributed by atoms with Crippen molar-refractivity contribution in [3.8, 4) is 5.75 Å². The number of nitrogens with one attached hydrogen (secondary N) is 2. The monoisotopic (exact) mass is 508 g/mol. The van der Waals surface area contributed by atoms with Gasteiger partial charge < -0.3 is 15.0 Å². The van der Waals surface area contributed by atoms with Crippen LogP contribution in [0.15, 0.2) is 72.8 Å². The van der Waals surface area contributed by atoms with Crippen LogP contribution in [0.2, 0.25) is 5.02 Å². The Labute approximate surface area is 216 Å². The molecule has 2 N–H and O–H groups in total. The zero-order chi connectivity index (χ0) is 24.6. The van der Waals surface area contributed by atoms with E-state index >= 15 is 0 Å². The molecule has 1 aliphatic heterocycles. The lowest BCUT2D eigenvalue weighted by molar-refractivity contribution is 0.0977. The number of piperazine rings is 1. The molecule has 0 unspecified atom stereocenters. The molecular weight excluding hydrogens is 480 g/mol. The third kappa shape index (κ3) is 6.94. The smallest absolute Gasteiger partial charge is 0.257 e. The second-order valence-electron chi connectivity index (χ2n) is 8.27. The van der Waals surface area contributed by atoms with Crippen LogP contribution < -0.4 is 20.3 Å². The Hall–Kier alpha value is -3.13. The number of rotatable bonds is 7. The van der Waals surface area contributed by atoms with Crippen molar-refractivity contribution in [1.82, 2.24) is 10.2 Å². The van der Waals surface area contributed by atoms with Gasteiger partial charge in [-0.15, -0.1) is 0 Å². The van der Waals surface area contributed by atoms with Gasteiger partial charge in [-0.3, -0.25) is 15.0 Å². The highest BCUT2D eigenvalue weighted by Crippen LogP contribution is 2.22. The Bertz CT molecular complexity index is 1160. The number of anilines is 2. The van der Waals surface area contributed by atoms with Gasteiger partial charge in [0.05, 0.1) is 6.61 Å². The number of hydrogen-bond acceptors (Lipinski definition) is 5. The molecule has 1 fully saturated rings. The molecule has 0 radical (unpaired) electrons. The Kier molecular flexibility index (Phi) is 8.58. The van der Waals surface area contributed by atoms with E-state index in [4.69, 9.17) is 28.6 Å². The maximum atomic E-state index is 12.5. The first kappa shape index (κ1) is 25.0. The molecule has 0 atom stereocenters. The Morgan fingerprint density at radius 2 is 1.74 bits per heavy atom. The number of thiocarbonyl (C=S) groups is 1. The highest BCUT2D eigenvalue weighted by Gasteiger charge is 2.18. The predicted octanol–water partition coefficient (Wildman–Crippen LogP) is 5.19. The van der Waals surface area contributed by atoms with Gasteiger partial charge in [-0.25, -0.2) is 0 Å². The average Bonchev–Trinajstić information content (AvgIpc) is 2.87. The molecule has 6 nitrogen and oxygen atoms in total. The van der Waals surface area contributed by atoms with Crippen molar-refractivity contribution in [3.05, 3.63) is 88.9 Å². The van der Waals surface area contributed by atoms with Crippen molar-refractivity contribution in [2.45, 2.75) is 13.5 Å². The van der Waals surface area contributed by atoms with Gasteiger partial charge in [0, 0.05) is 54.7 Å². The molecule has 1 aliphatic rings. The zero-order valence-corrected chi connectivity index (χ0v) is 21.2. The van der Waals surface area contributed by atoms with E-state index in [0.29, 0.717) is 17.9 Å². The van der Waals surface area contributed by atoms with Gasteiger partial charge >= 0.3 is 0 Å².